The highest BCUT2D eigenvalue weighted by molar-refractivity contribution is 7.87. The molecule has 1 aliphatic rings. The van der Waals surface area contributed by atoms with Gasteiger partial charge in [-0.2, -0.15) is 21.6 Å². The zero-order valence-electron chi connectivity index (χ0n) is 19.1. The summed E-state index contributed by atoms with van der Waals surface area (Å²) in [5.41, 5.74) is -4.62. The quantitative estimate of drug-likeness (QED) is 0.240. The van der Waals surface area contributed by atoms with Crippen molar-refractivity contribution in [2.75, 3.05) is 0 Å². The maximum Gasteiger partial charge on any atom is 0.523 e. The molecule has 0 spiro atoms. The zero-order valence-corrected chi connectivity index (χ0v) is 19.9. The summed E-state index contributed by atoms with van der Waals surface area (Å²) in [4.78, 5) is 0. The third-order valence-electron chi connectivity index (χ3n) is 6.17. The fraction of sp³-hybridized carbons (Fsp3) is 0.500. The molecule has 0 aliphatic heterocycles. The fourth-order valence-electron chi connectivity index (χ4n) is 4.40. The molecule has 1 saturated carbocycles. The van der Waals surface area contributed by atoms with E-state index in [4.69, 9.17) is 9.47 Å². The van der Waals surface area contributed by atoms with Crippen molar-refractivity contribution in [3.8, 4) is 0 Å². The molecule has 11 heteroatoms. The van der Waals surface area contributed by atoms with E-state index in [0.717, 1.165) is 0 Å². The van der Waals surface area contributed by atoms with Gasteiger partial charge in [-0.1, -0.05) is 74.5 Å². The van der Waals surface area contributed by atoms with Crippen LogP contribution in [0.5, 0.6) is 0 Å². The molecule has 5 atom stereocenters. The van der Waals surface area contributed by atoms with Gasteiger partial charge in [0.15, 0.2) is 6.10 Å². The van der Waals surface area contributed by atoms with Gasteiger partial charge < -0.3 is 9.47 Å². The van der Waals surface area contributed by atoms with Crippen molar-refractivity contribution in [2.45, 2.75) is 63.2 Å². The Morgan fingerprint density at radius 2 is 1.31 bits per heavy atom. The Morgan fingerprint density at radius 1 is 0.857 bits per heavy atom. The number of alkyl halides is 5. The average Bonchev–Trinajstić information content (AvgIpc) is 2.80. The van der Waals surface area contributed by atoms with Crippen molar-refractivity contribution in [3.63, 3.8) is 0 Å². The van der Waals surface area contributed by atoms with E-state index >= 15 is 8.78 Å². The summed E-state index contributed by atoms with van der Waals surface area (Å²) in [6.07, 6.45) is -5.85. The number of hydrogen-bond acceptors (Lipinski definition) is 5. The van der Waals surface area contributed by atoms with E-state index in [1.165, 1.54) is 13.8 Å². The molecule has 1 fully saturated rings. The molecular weight excluding hydrogens is 495 g/mol. The second-order valence-electron chi connectivity index (χ2n) is 8.49. The minimum atomic E-state index is -6.34. The van der Waals surface area contributed by atoms with Crippen molar-refractivity contribution in [1.82, 2.24) is 0 Å². The van der Waals surface area contributed by atoms with Crippen LogP contribution in [0.15, 0.2) is 60.7 Å². The second kappa shape index (κ2) is 10.9. The summed E-state index contributed by atoms with van der Waals surface area (Å²) in [5.74, 6) is -6.33. The van der Waals surface area contributed by atoms with E-state index in [0.29, 0.717) is 11.1 Å². The first kappa shape index (κ1) is 27.5. The number of benzene rings is 2. The molecule has 1 aliphatic carbocycles. The molecule has 3 rings (SSSR count). The van der Waals surface area contributed by atoms with E-state index < -0.39 is 51.7 Å². The van der Waals surface area contributed by atoms with Crippen LogP contribution in [0.2, 0.25) is 0 Å². The topological polar surface area (TPSA) is 61.8 Å². The summed E-state index contributed by atoms with van der Waals surface area (Å²) in [6, 6.07) is 17.1. The van der Waals surface area contributed by atoms with Crippen molar-refractivity contribution in [3.05, 3.63) is 71.8 Å². The van der Waals surface area contributed by atoms with Crippen LogP contribution in [0.3, 0.4) is 0 Å². The Hall–Kier alpha value is -2.08. The van der Waals surface area contributed by atoms with Gasteiger partial charge in [-0.3, -0.25) is 4.18 Å². The summed E-state index contributed by atoms with van der Waals surface area (Å²) >= 11 is 0. The maximum absolute atomic E-state index is 15.5. The molecule has 0 unspecified atom stereocenters. The number of ether oxygens (including phenoxy) is 2. The summed E-state index contributed by atoms with van der Waals surface area (Å²) in [7, 11) is -6.34. The SMILES string of the molecule is CC[C@@H]1[C@@H](C)[C@H](OCc2ccccc2)[C@@H](OCc2ccccc2)[C@H](OS(=O)(=O)C(F)(F)F)C1(F)F. The molecule has 194 valence electrons. The summed E-state index contributed by atoms with van der Waals surface area (Å²) in [5, 5.41) is 0. The molecule has 2 aromatic rings. The highest BCUT2D eigenvalue weighted by Gasteiger charge is 2.64. The van der Waals surface area contributed by atoms with Gasteiger partial charge in [0.1, 0.15) is 6.10 Å². The Kier molecular flexibility index (Phi) is 8.56. The van der Waals surface area contributed by atoms with Gasteiger partial charge in [0.25, 0.3) is 5.92 Å². The summed E-state index contributed by atoms with van der Waals surface area (Å²) in [6.45, 7) is 2.64. The lowest BCUT2D eigenvalue weighted by atomic mass is 9.71. The molecule has 0 bridgehead atoms. The Balaban J connectivity index is 1.99. The molecule has 0 heterocycles. The fourth-order valence-corrected chi connectivity index (χ4v) is 5.02. The molecule has 0 N–H and O–H groups in total. The molecule has 0 saturated heterocycles. The standard InChI is InChI=1S/C24H27F5O5S/c1-3-19-16(2)20(32-14-17-10-6-4-7-11-17)21(33-15-18-12-8-5-9-13-18)22(23(19,25)26)34-35(30,31)24(27,28)29/h4-13,16,19-22H,3,14-15H2,1-2H3/t16-,19-,20+,21-,22+/m1/s1. The minimum Gasteiger partial charge on any atom is -0.370 e. The zero-order chi connectivity index (χ0) is 25.9. The Labute approximate surface area is 201 Å². The lowest BCUT2D eigenvalue weighted by molar-refractivity contribution is -0.268. The van der Waals surface area contributed by atoms with Gasteiger partial charge in [0, 0.05) is 5.92 Å². The predicted molar refractivity (Wildman–Crippen MR) is 118 cm³/mol. The third-order valence-corrected chi connectivity index (χ3v) is 7.20. The van der Waals surface area contributed by atoms with Crippen molar-refractivity contribution < 1.29 is 44.0 Å². The molecule has 0 aromatic heterocycles. The van der Waals surface area contributed by atoms with Gasteiger partial charge in [-0.05, 0) is 23.5 Å². The lowest BCUT2D eigenvalue weighted by Gasteiger charge is -2.49. The van der Waals surface area contributed by atoms with Crippen LogP contribution in [0.25, 0.3) is 0 Å². The number of halogens is 5. The second-order valence-corrected chi connectivity index (χ2v) is 10.1. The van der Waals surface area contributed by atoms with Crippen molar-refractivity contribution >= 4 is 10.1 Å². The van der Waals surface area contributed by atoms with Gasteiger partial charge in [0.05, 0.1) is 19.3 Å². The van der Waals surface area contributed by atoms with Crippen LogP contribution in [0, 0.1) is 11.8 Å². The first-order valence-corrected chi connectivity index (χ1v) is 12.5. The normalized spacial score (nSPS) is 27.0. The van der Waals surface area contributed by atoms with E-state index in [2.05, 4.69) is 4.18 Å². The molecular formula is C24H27F5O5S. The number of hydrogen-bond donors (Lipinski definition) is 0. The Morgan fingerprint density at radius 3 is 1.74 bits per heavy atom. The largest absolute Gasteiger partial charge is 0.523 e. The summed E-state index contributed by atoms with van der Waals surface area (Å²) < 4.78 is 110. The van der Waals surface area contributed by atoms with Crippen molar-refractivity contribution in [2.24, 2.45) is 11.8 Å². The van der Waals surface area contributed by atoms with E-state index in [1.807, 2.05) is 0 Å². The van der Waals surface area contributed by atoms with Gasteiger partial charge in [-0.15, -0.1) is 0 Å². The average molecular weight is 523 g/mol. The van der Waals surface area contributed by atoms with Crippen LogP contribution in [0.4, 0.5) is 22.0 Å². The Bertz CT molecular complexity index is 1050. The molecule has 0 amide bonds. The highest BCUT2D eigenvalue weighted by Crippen LogP contribution is 2.48. The minimum absolute atomic E-state index is 0.0399. The number of rotatable bonds is 9. The van der Waals surface area contributed by atoms with Gasteiger partial charge in [-0.25, -0.2) is 8.78 Å². The van der Waals surface area contributed by atoms with E-state index in [9.17, 15) is 21.6 Å². The molecule has 0 radical (unpaired) electrons. The van der Waals surface area contributed by atoms with Crippen LogP contribution < -0.4 is 0 Å². The molecule has 2 aromatic carbocycles. The van der Waals surface area contributed by atoms with Crippen LogP contribution >= 0.6 is 0 Å². The molecule has 35 heavy (non-hydrogen) atoms. The van der Waals surface area contributed by atoms with Gasteiger partial charge >= 0.3 is 15.6 Å². The molecule has 5 nitrogen and oxygen atoms in total. The maximum atomic E-state index is 15.5. The van der Waals surface area contributed by atoms with Crippen LogP contribution in [-0.4, -0.2) is 38.2 Å². The van der Waals surface area contributed by atoms with Crippen LogP contribution in [-0.2, 0) is 37.0 Å². The van der Waals surface area contributed by atoms with E-state index in [-0.39, 0.29) is 19.6 Å². The first-order chi connectivity index (χ1) is 16.4. The van der Waals surface area contributed by atoms with E-state index in [1.54, 1.807) is 60.7 Å². The smallest absolute Gasteiger partial charge is 0.370 e. The highest BCUT2D eigenvalue weighted by atomic mass is 32.2. The van der Waals surface area contributed by atoms with Crippen molar-refractivity contribution in [1.29, 1.82) is 0 Å². The monoisotopic (exact) mass is 522 g/mol. The first-order valence-electron chi connectivity index (χ1n) is 11.1. The van der Waals surface area contributed by atoms with Gasteiger partial charge in [0.2, 0.25) is 0 Å². The van der Waals surface area contributed by atoms with Crippen LogP contribution in [0.1, 0.15) is 31.4 Å². The predicted octanol–water partition coefficient (Wildman–Crippen LogP) is 5.70. The lowest BCUT2D eigenvalue weighted by Crippen LogP contribution is -2.64. The third kappa shape index (κ3) is 6.19.